The molecule has 1 fully saturated rings. The molecule has 16 heavy (non-hydrogen) atoms. The number of rotatable bonds is 4. The summed E-state index contributed by atoms with van der Waals surface area (Å²) in [7, 11) is 0. The van der Waals surface area contributed by atoms with E-state index < -0.39 is 0 Å². The van der Waals surface area contributed by atoms with Gasteiger partial charge in [-0.05, 0) is 12.3 Å². The Morgan fingerprint density at radius 3 is 2.94 bits per heavy atom. The van der Waals surface area contributed by atoms with Crippen LogP contribution in [0.5, 0.6) is 0 Å². The van der Waals surface area contributed by atoms with Crippen molar-refractivity contribution in [3.05, 3.63) is 16.6 Å². The predicted octanol–water partition coefficient (Wildman–Crippen LogP) is 2.84. The van der Waals surface area contributed by atoms with Crippen LogP contribution in [-0.4, -0.2) is 17.4 Å². The molecule has 1 N–H and O–H groups in total. The molecule has 0 aliphatic heterocycles. The van der Waals surface area contributed by atoms with Gasteiger partial charge in [0.05, 0.1) is 5.51 Å². The monoisotopic (exact) mass is 238 g/mol. The molecule has 0 saturated heterocycles. The quantitative estimate of drug-likeness (QED) is 0.876. The fraction of sp³-hybridized carbons (Fsp3) is 0.667. The molecule has 0 aromatic carbocycles. The molecule has 3 nitrogen and oxygen atoms in total. The fourth-order valence-electron chi connectivity index (χ4n) is 2.28. The average Bonchev–Trinajstić information content (AvgIpc) is 2.84. The van der Waals surface area contributed by atoms with Crippen molar-refractivity contribution in [2.75, 3.05) is 6.54 Å². The molecule has 1 aromatic heterocycles. The third-order valence-electron chi connectivity index (χ3n) is 3.23. The van der Waals surface area contributed by atoms with Crippen LogP contribution in [0.2, 0.25) is 0 Å². The summed E-state index contributed by atoms with van der Waals surface area (Å²) in [5.41, 5.74) is 2.24. The van der Waals surface area contributed by atoms with Gasteiger partial charge in [0.1, 0.15) is 5.69 Å². The molecular formula is C12H18N2OS. The Bertz CT molecular complexity index is 318. The zero-order chi connectivity index (χ0) is 11.2. The molecule has 0 spiro atoms. The number of aromatic nitrogens is 1. The van der Waals surface area contributed by atoms with Crippen LogP contribution in [0.1, 0.15) is 49.0 Å². The minimum absolute atomic E-state index is 0.0305. The van der Waals surface area contributed by atoms with E-state index in [0.717, 1.165) is 18.9 Å². The van der Waals surface area contributed by atoms with Crippen molar-refractivity contribution in [3.8, 4) is 0 Å². The lowest BCUT2D eigenvalue weighted by Crippen LogP contribution is -2.26. The zero-order valence-corrected chi connectivity index (χ0v) is 10.3. The summed E-state index contributed by atoms with van der Waals surface area (Å²) in [6.07, 6.45) is 7.92. The highest BCUT2D eigenvalue weighted by molar-refractivity contribution is 7.07. The topological polar surface area (TPSA) is 42.0 Å². The van der Waals surface area contributed by atoms with E-state index in [-0.39, 0.29) is 5.91 Å². The Morgan fingerprint density at radius 1 is 1.44 bits per heavy atom. The Labute approximate surface area is 100 Å². The molecular weight excluding hydrogens is 220 g/mol. The summed E-state index contributed by atoms with van der Waals surface area (Å²) in [6.45, 7) is 0.793. The highest BCUT2D eigenvalue weighted by atomic mass is 32.1. The van der Waals surface area contributed by atoms with Gasteiger partial charge >= 0.3 is 0 Å². The molecule has 1 amide bonds. The number of nitrogens with one attached hydrogen (secondary N) is 1. The maximum Gasteiger partial charge on any atom is 0.270 e. The standard InChI is InChI=1S/C12H18N2OS/c15-12(11-8-16-9-14-11)13-7-6-10-4-2-1-3-5-10/h8-10H,1-7H2,(H,13,15). The van der Waals surface area contributed by atoms with E-state index in [0.29, 0.717) is 5.69 Å². The van der Waals surface area contributed by atoms with Crippen molar-refractivity contribution in [1.82, 2.24) is 10.3 Å². The van der Waals surface area contributed by atoms with Gasteiger partial charge in [-0.25, -0.2) is 4.98 Å². The third-order valence-corrected chi connectivity index (χ3v) is 3.81. The Morgan fingerprint density at radius 2 is 2.25 bits per heavy atom. The second-order valence-corrected chi connectivity index (χ2v) is 5.14. The third kappa shape index (κ3) is 3.30. The van der Waals surface area contributed by atoms with Crippen molar-refractivity contribution in [3.63, 3.8) is 0 Å². The average molecular weight is 238 g/mol. The minimum Gasteiger partial charge on any atom is -0.351 e. The molecule has 88 valence electrons. The molecule has 1 heterocycles. The van der Waals surface area contributed by atoms with Gasteiger partial charge in [-0.3, -0.25) is 4.79 Å². The largest absolute Gasteiger partial charge is 0.351 e. The first-order chi connectivity index (χ1) is 7.86. The maximum atomic E-state index is 11.6. The zero-order valence-electron chi connectivity index (χ0n) is 9.45. The Kier molecular flexibility index (Phi) is 4.34. The molecule has 1 aliphatic carbocycles. The van der Waals surface area contributed by atoms with E-state index in [1.807, 2.05) is 0 Å². The van der Waals surface area contributed by atoms with Crippen molar-refractivity contribution in [1.29, 1.82) is 0 Å². The number of hydrogen-bond donors (Lipinski definition) is 1. The van der Waals surface area contributed by atoms with Crippen LogP contribution >= 0.6 is 11.3 Å². The van der Waals surface area contributed by atoms with Gasteiger partial charge in [0.2, 0.25) is 0 Å². The summed E-state index contributed by atoms with van der Waals surface area (Å²) >= 11 is 1.46. The first-order valence-corrected chi connectivity index (χ1v) is 6.97. The van der Waals surface area contributed by atoms with Crippen molar-refractivity contribution in [2.45, 2.75) is 38.5 Å². The van der Waals surface area contributed by atoms with Gasteiger partial charge < -0.3 is 5.32 Å². The number of thiazole rings is 1. The normalized spacial score (nSPS) is 17.2. The molecule has 2 rings (SSSR count). The summed E-state index contributed by atoms with van der Waals surface area (Å²) in [4.78, 5) is 15.6. The van der Waals surface area contributed by atoms with Crippen LogP contribution in [0.15, 0.2) is 10.9 Å². The van der Waals surface area contributed by atoms with E-state index in [1.165, 1.54) is 43.4 Å². The summed E-state index contributed by atoms with van der Waals surface area (Å²) in [5.74, 6) is 0.793. The second-order valence-electron chi connectivity index (χ2n) is 4.42. The highest BCUT2D eigenvalue weighted by Gasteiger charge is 2.13. The number of carbonyl (C=O) groups is 1. The number of hydrogen-bond acceptors (Lipinski definition) is 3. The molecule has 4 heteroatoms. The first kappa shape index (κ1) is 11.6. The van der Waals surface area contributed by atoms with Crippen LogP contribution in [0.25, 0.3) is 0 Å². The van der Waals surface area contributed by atoms with Gasteiger partial charge in [0.25, 0.3) is 5.91 Å². The van der Waals surface area contributed by atoms with E-state index in [2.05, 4.69) is 10.3 Å². The van der Waals surface area contributed by atoms with Crippen molar-refractivity contribution >= 4 is 17.2 Å². The number of amides is 1. The van der Waals surface area contributed by atoms with Crippen LogP contribution < -0.4 is 5.32 Å². The van der Waals surface area contributed by atoms with E-state index in [4.69, 9.17) is 0 Å². The predicted molar refractivity (Wildman–Crippen MR) is 65.6 cm³/mol. The molecule has 0 radical (unpaired) electrons. The van der Waals surface area contributed by atoms with E-state index in [1.54, 1.807) is 10.9 Å². The van der Waals surface area contributed by atoms with Gasteiger partial charge in [-0.2, -0.15) is 0 Å². The number of carbonyl (C=O) groups excluding carboxylic acids is 1. The maximum absolute atomic E-state index is 11.6. The van der Waals surface area contributed by atoms with E-state index in [9.17, 15) is 4.79 Å². The van der Waals surface area contributed by atoms with Crippen molar-refractivity contribution < 1.29 is 4.79 Å². The SMILES string of the molecule is O=C(NCCC1CCCCC1)c1cscn1. The van der Waals surface area contributed by atoms with Crippen molar-refractivity contribution in [2.24, 2.45) is 5.92 Å². The molecule has 1 aliphatic rings. The molecule has 1 saturated carbocycles. The van der Waals surface area contributed by atoms with E-state index >= 15 is 0 Å². The van der Waals surface area contributed by atoms with Gasteiger partial charge in [-0.15, -0.1) is 11.3 Å². The van der Waals surface area contributed by atoms with Gasteiger partial charge in [0, 0.05) is 11.9 Å². The smallest absolute Gasteiger partial charge is 0.270 e. The van der Waals surface area contributed by atoms with Gasteiger partial charge in [0.15, 0.2) is 0 Å². The first-order valence-electron chi connectivity index (χ1n) is 6.02. The number of nitrogens with zero attached hydrogens (tertiary/aromatic N) is 1. The molecule has 1 aromatic rings. The lowest BCUT2D eigenvalue weighted by molar-refractivity contribution is 0.0946. The highest BCUT2D eigenvalue weighted by Crippen LogP contribution is 2.25. The van der Waals surface area contributed by atoms with Crippen LogP contribution in [0.3, 0.4) is 0 Å². The summed E-state index contributed by atoms with van der Waals surface area (Å²) in [6, 6.07) is 0. The fourth-order valence-corrected chi connectivity index (χ4v) is 2.81. The lowest BCUT2D eigenvalue weighted by Gasteiger charge is -2.21. The summed E-state index contributed by atoms with van der Waals surface area (Å²) in [5, 5.41) is 4.73. The summed E-state index contributed by atoms with van der Waals surface area (Å²) < 4.78 is 0. The van der Waals surface area contributed by atoms with Gasteiger partial charge in [-0.1, -0.05) is 32.1 Å². The van der Waals surface area contributed by atoms with Crippen LogP contribution in [0, 0.1) is 5.92 Å². The van der Waals surface area contributed by atoms with Crippen LogP contribution in [0.4, 0.5) is 0 Å². The van der Waals surface area contributed by atoms with Crippen LogP contribution in [-0.2, 0) is 0 Å². The minimum atomic E-state index is -0.0305. The Hall–Kier alpha value is -0.900. The molecule has 0 unspecified atom stereocenters. The Balaban J connectivity index is 1.66. The lowest BCUT2D eigenvalue weighted by atomic mass is 9.87. The molecule has 0 atom stereocenters. The molecule has 0 bridgehead atoms. The second kappa shape index (κ2) is 5.99.